The summed E-state index contributed by atoms with van der Waals surface area (Å²) in [6.07, 6.45) is 3.66. The van der Waals surface area contributed by atoms with E-state index in [-0.39, 0.29) is 23.5 Å². The van der Waals surface area contributed by atoms with Crippen LogP contribution in [0.5, 0.6) is 5.75 Å². The molecule has 2 aromatic rings. The molecule has 1 aromatic carbocycles. The number of rotatable bonds is 5. The Morgan fingerprint density at radius 3 is 3.00 bits per heavy atom. The Labute approximate surface area is 137 Å². The van der Waals surface area contributed by atoms with Crippen LogP contribution in [-0.4, -0.2) is 35.4 Å². The van der Waals surface area contributed by atoms with Gasteiger partial charge in [-0.15, -0.1) is 0 Å². The van der Waals surface area contributed by atoms with Crippen LogP contribution < -0.4 is 15.4 Å². The molecule has 1 aromatic heterocycles. The predicted octanol–water partition coefficient (Wildman–Crippen LogP) is 1.96. The molecule has 0 aliphatic carbocycles. The molecule has 2 heterocycles. The number of anilines is 1. The number of aromatic nitrogens is 2. The molecular weight excluding hydrogens is 318 g/mol. The van der Waals surface area contributed by atoms with Gasteiger partial charge in [-0.25, -0.2) is 0 Å². The van der Waals surface area contributed by atoms with Crippen LogP contribution in [-0.2, 0) is 11.8 Å². The first kappa shape index (κ1) is 16.4. The second-order valence-corrected chi connectivity index (χ2v) is 5.71. The molecule has 3 rings (SSSR count). The van der Waals surface area contributed by atoms with E-state index in [0.717, 1.165) is 5.56 Å². The van der Waals surface area contributed by atoms with Crippen LogP contribution in [0.4, 0.5) is 14.5 Å². The molecule has 0 radical (unpaired) electrons. The number of benzene rings is 1. The maximum Gasteiger partial charge on any atom is 0.387 e. The van der Waals surface area contributed by atoms with Crippen LogP contribution in [0.15, 0.2) is 36.7 Å². The molecule has 8 heteroatoms. The number of carbonyl (C=O) groups excluding carboxylic acids is 1. The number of nitrogens with one attached hydrogen (secondary N) is 2. The van der Waals surface area contributed by atoms with Gasteiger partial charge < -0.3 is 15.4 Å². The van der Waals surface area contributed by atoms with Crippen molar-refractivity contribution < 1.29 is 18.3 Å². The van der Waals surface area contributed by atoms with Crippen molar-refractivity contribution in [2.45, 2.75) is 12.5 Å². The average Bonchev–Trinajstić information content (AvgIpc) is 3.15. The maximum atomic E-state index is 12.6. The molecular formula is C16H18F2N4O2. The van der Waals surface area contributed by atoms with Crippen LogP contribution in [0.25, 0.3) is 0 Å². The van der Waals surface area contributed by atoms with E-state index >= 15 is 0 Å². The summed E-state index contributed by atoms with van der Waals surface area (Å²) in [5.74, 6) is -0.382. The maximum absolute atomic E-state index is 12.6. The molecule has 0 unspecified atom stereocenters. The molecule has 128 valence electrons. The van der Waals surface area contributed by atoms with Gasteiger partial charge >= 0.3 is 6.61 Å². The Morgan fingerprint density at radius 1 is 1.46 bits per heavy atom. The number of nitrogens with zero attached hydrogens (tertiary/aromatic N) is 2. The highest BCUT2D eigenvalue weighted by atomic mass is 19.3. The van der Waals surface area contributed by atoms with Crippen molar-refractivity contribution in [3.63, 3.8) is 0 Å². The SMILES string of the molecule is Cn1cc([C@H]2CNC[C@@H]2C(=O)Nc2cccc(OC(F)F)c2)cn1. The van der Waals surface area contributed by atoms with Crippen molar-refractivity contribution in [2.24, 2.45) is 13.0 Å². The average molecular weight is 336 g/mol. The Balaban J connectivity index is 1.70. The summed E-state index contributed by atoms with van der Waals surface area (Å²) in [7, 11) is 1.83. The summed E-state index contributed by atoms with van der Waals surface area (Å²) in [6.45, 7) is -1.65. The summed E-state index contributed by atoms with van der Waals surface area (Å²) in [5, 5.41) is 10.1. The third-order valence-electron chi connectivity index (χ3n) is 4.03. The van der Waals surface area contributed by atoms with Gasteiger partial charge in [-0.3, -0.25) is 9.48 Å². The van der Waals surface area contributed by atoms with Crippen molar-refractivity contribution in [3.8, 4) is 5.75 Å². The molecule has 6 nitrogen and oxygen atoms in total. The number of amides is 1. The molecule has 2 atom stereocenters. The predicted molar refractivity (Wildman–Crippen MR) is 84.0 cm³/mol. The van der Waals surface area contributed by atoms with Gasteiger partial charge in [0.15, 0.2) is 0 Å². The molecule has 0 saturated carbocycles. The lowest BCUT2D eigenvalue weighted by atomic mass is 9.90. The highest BCUT2D eigenvalue weighted by Gasteiger charge is 2.34. The first-order chi connectivity index (χ1) is 11.5. The largest absolute Gasteiger partial charge is 0.435 e. The summed E-state index contributed by atoms with van der Waals surface area (Å²) in [5.41, 5.74) is 1.42. The van der Waals surface area contributed by atoms with Crippen molar-refractivity contribution >= 4 is 11.6 Å². The first-order valence-corrected chi connectivity index (χ1v) is 7.58. The minimum atomic E-state index is -2.90. The molecule has 1 aliphatic rings. The van der Waals surface area contributed by atoms with E-state index in [1.807, 2.05) is 13.2 Å². The summed E-state index contributed by atoms with van der Waals surface area (Å²) >= 11 is 0. The van der Waals surface area contributed by atoms with Gasteiger partial charge in [0.05, 0.1) is 12.1 Å². The van der Waals surface area contributed by atoms with Crippen LogP contribution >= 0.6 is 0 Å². The second kappa shape index (κ2) is 6.96. The van der Waals surface area contributed by atoms with E-state index < -0.39 is 6.61 Å². The van der Waals surface area contributed by atoms with Crippen molar-refractivity contribution in [1.82, 2.24) is 15.1 Å². The zero-order chi connectivity index (χ0) is 17.1. The van der Waals surface area contributed by atoms with Gasteiger partial charge in [0.1, 0.15) is 5.75 Å². The van der Waals surface area contributed by atoms with Gasteiger partial charge in [0.25, 0.3) is 0 Å². The lowest BCUT2D eigenvalue weighted by molar-refractivity contribution is -0.119. The Kier molecular flexibility index (Phi) is 4.75. The Bertz CT molecular complexity index is 720. The topological polar surface area (TPSA) is 68.2 Å². The fourth-order valence-corrected chi connectivity index (χ4v) is 2.92. The lowest BCUT2D eigenvalue weighted by Crippen LogP contribution is -2.28. The van der Waals surface area contributed by atoms with Crippen molar-refractivity contribution in [1.29, 1.82) is 0 Å². The number of hydrogen-bond donors (Lipinski definition) is 2. The summed E-state index contributed by atoms with van der Waals surface area (Å²) < 4.78 is 30.6. The molecule has 0 spiro atoms. The first-order valence-electron chi connectivity index (χ1n) is 7.58. The molecule has 1 amide bonds. The van der Waals surface area contributed by atoms with Crippen molar-refractivity contribution in [2.75, 3.05) is 18.4 Å². The van der Waals surface area contributed by atoms with Crippen molar-refractivity contribution in [3.05, 3.63) is 42.2 Å². The smallest absolute Gasteiger partial charge is 0.387 e. The van der Waals surface area contributed by atoms with E-state index in [2.05, 4.69) is 20.5 Å². The minimum Gasteiger partial charge on any atom is -0.435 e. The number of alkyl halides is 2. The van der Waals surface area contributed by atoms with Gasteiger partial charge in [0, 0.05) is 44.0 Å². The van der Waals surface area contributed by atoms with E-state index in [9.17, 15) is 13.6 Å². The molecule has 2 N–H and O–H groups in total. The van der Waals surface area contributed by atoms with Gasteiger partial charge in [-0.05, 0) is 17.7 Å². The number of halogens is 2. The zero-order valence-electron chi connectivity index (χ0n) is 13.1. The van der Waals surface area contributed by atoms with E-state index in [1.165, 1.54) is 12.1 Å². The van der Waals surface area contributed by atoms with Crippen LogP contribution in [0, 0.1) is 5.92 Å². The minimum absolute atomic E-state index is 0.0103. The summed E-state index contributed by atoms with van der Waals surface area (Å²) in [4.78, 5) is 12.6. The second-order valence-electron chi connectivity index (χ2n) is 5.71. The van der Waals surface area contributed by atoms with Gasteiger partial charge in [-0.2, -0.15) is 13.9 Å². The highest BCUT2D eigenvalue weighted by molar-refractivity contribution is 5.93. The number of hydrogen-bond acceptors (Lipinski definition) is 4. The number of ether oxygens (including phenoxy) is 1. The lowest BCUT2D eigenvalue weighted by Gasteiger charge is -2.17. The molecule has 1 saturated heterocycles. The molecule has 1 fully saturated rings. The monoisotopic (exact) mass is 336 g/mol. The zero-order valence-corrected chi connectivity index (χ0v) is 13.1. The van der Waals surface area contributed by atoms with E-state index in [4.69, 9.17) is 0 Å². The standard InChI is InChI=1S/C16H18F2N4O2/c1-22-9-10(6-20-22)13-7-19-8-14(13)15(23)21-11-3-2-4-12(5-11)24-16(17)18/h2-6,9,13-14,16,19H,7-8H2,1H3,(H,21,23)/t13-,14+/m1/s1. The van der Waals surface area contributed by atoms with Gasteiger partial charge in [-0.1, -0.05) is 6.07 Å². The molecule has 24 heavy (non-hydrogen) atoms. The number of aryl methyl sites for hydroxylation is 1. The molecule has 0 bridgehead atoms. The fraction of sp³-hybridized carbons (Fsp3) is 0.375. The normalized spacial score (nSPS) is 20.3. The third-order valence-corrected chi connectivity index (χ3v) is 4.03. The van der Waals surface area contributed by atoms with Crippen LogP contribution in [0.1, 0.15) is 11.5 Å². The van der Waals surface area contributed by atoms with Crippen LogP contribution in [0.2, 0.25) is 0 Å². The van der Waals surface area contributed by atoms with E-state index in [1.54, 1.807) is 23.0 Å². The number of carbonyl (C=O) groups is 1. The van der Waals surface area contributed by atoms with Crippen LogP contribution in [0.3, 0.4) is 0 Å². The quantitative estimate of drug-likeness (QED) is 0.876. The fourth-order valence-electron chi connectivity index (χ4n) is 2.92. The summed E-state index contributed by atoms with van der Waals surface area (Å²) in [6, 6.07) is 5.99. The molecule has 1 aliphatic heterocycles. The third kappa shape index (κ3) is 3.70. The van der Waals surface area contributed by atoms with Gasteiger partial charge in [0.2, 0.25) is 5.91 Å². The van der Waals surface area contributed by atoms with E-state index in [0.29, 0.717) is 18.8 Å². The Morgan fingerprint density at radius 2 is 2.29 bits per heavy atom. The Hall–Kier alpha value is -2.48. The highest BCUT2D eigenvalue weighted by Crippen LogP contribution is 2.29.